The highest BCUT2D eigenvalue weighted by Crippen LogP contribution is 2.36. The second-order valence-corrected chi connectivity index (χ2v) is 7.63. The van der Waals surface area contributed by atoms with Crippen molar-refractivity contribution in [3.63, 3.8) is 0 Å². The predicted molar refractivity (Wildman–Crippen MR) is 108 cm³/mol. The van der Waals surface area contributed by atoms with Gasteiger partial charge in [-0.1, -0.05) is 12.8 Å². The highest BCUT2D eigenvalue weighted by atomic mass is 16.6. The monoisotopic (exact) mass is 420 g/mol. The van der Waals surface area contributed by atoms with Crippen LogP contribution in [0.5, 0.6) is 11.5 Å². The molecule has 9 nitrogen and oxygen atoms in total. The molecule has 0 radical (unpaired) electrons. The van der Waals surface area contributed by atoms with E-state index in [1.54, 1.807) is 6.92 Å². The molecule has 0 N–H and O–H groups in total. The van der Waals surface area contributed by atoms with E-state index in [1.807, 2.05) is 4.90 Å². The summed E-state index contributed by atoms with van der Waals surface area (Å²) >= 11 is 0. The molecule has 9 heteroatoms. The second kappa shape index (κ2) is 9.77. The summed E-state index contributed by atoms with van der Waals surface area (Å²) in [4.78, 5) is 37.9. The van der Waals surface area contributed by atoms with Crippen molar-refractivity contribution in [1.29, 1.82) is 0 Å². The number of nitro benzene ring substituents is 1. The van der Waals surface area contributed by atoms with Crippen molar-refractivity contribution in [2.24, 2.45) is 5.92 Å². The van der Waals surface area contributed by atoms with Crippen LogP contribution in [0.1, 0.15) is 55.8 Å². The first-order chi connectivity index (χ1) is 14.5. The third-order valence-corrected chi connectivity index (χ3v) is 5.89. The summed E-state index contributed by atoms with van der Waals surface area (Å²) in [6.45, 7) is 2.24. The van der Waals surface area contributed by atoms with Crippen molar-refractivity contribution >= 4 is 17.6 Å². The van der Waals surface area contributed by atoms with Gasteiger partial charge in [-0.05, 0) is 38.5 Å². The summed E-state index contributed by atoms with van der Waals surface area (Å²) in [6, 6.07) is 2.56. The minimum Gasteiger partial charge on any atom is -0.493 e. The number of nitrogens with zero attached hydrogens (tertiary/aromatic N) is 2. The number of rotatable bonds is 7. The Morgan fingerprint density at radius 3 is 2.60 bits per heavy atom. The number of fused-ring (bicyclic) bond motifs is 1. The van der Waals surface area contributed by atoms with Gasteiger partial charge in [-0.25, -0.2) is 4.79 Å². The fourth-order valence-electron chi connectivity index (χ4n) is 4.51. The normalized spacial score (nSPS) is 20.8. The molecule has 2 aliphatic rings. The topological polar surface area (TPSA) is 108 Å². The van der Waals surface area contributed by atoms with Crippen molar-refractivity contribution in [2.75, 3.05) is 26.9 Å². The maximum atomic E-state index is 12.7. The van der Waals surface area contributed by atoms with Gasteiger partial charge >= 0.3 is 5.97 Å². The number of piperidine rings is 1. The van der Waals surface area contributed by atoms with E-state index in [4.69, 9.17) is 14.2 Å². The largest absolute Gasteiger partial charge is 0.493 e. The number of likely N-dealkylation sites (tertiary alicyclic amines) is 1. The third-order valence-electron chi connectivity index (χ3n) is 5.89. The maximum Gasteiger partial charge on any atom is 0.345 e. The number of carbonyl (C=O) groups is 2. The molecule has 2 fully saturated rings. The molecule has 2 atom stereocenters. The van der Waals surface area contributed by atoms with Crippen LogP contribution in [0.25, 0.3) is 0 Å². The Morgan fingerprint density at radius 1 is 1.17 bits per heavy atom. The molecule has 1 amide bonds. The summed E-state index contributed by atoms with van der Waals surface area (Å²) in [6.07, 6.45) is 6.48. The number of amides is 1. The van der Waals surface area contributed by atoms with E-state index in [9.17, 15) is 19.7 Å². The number of esters is 1. The van der Waals surface area contributed by atoms with Crippen LogP contribution in [0.3, 0.4) is 0 Å². The van der Waals surface area contributed by atoms with E-state index in [0.717, 1.165) is 38.2 Å². The molecular weight excluding hydrogens is 392 g/mol. The third kappa shape index (κ3) is 4.66. The highest BCUT2D eigenvalue weighted by Gasteiger charge is 2.36. The number of ether oxygens (including phenoxy) is 3. The van der Waals surface area contributed by atoms with E-state index in [0.29, 0.717) is 12.5 Å². The predicted octanol–water partition coefficient (Wildman–Crippen LogP) is 3.34. The molecule has 164 valence electrons. The van der Waals surface area contributed by atoms with E-state index < -0.39 is 23.2 Å². The number of methoxy groups -OCH3 is 1. The molecule has 0 unspecified atom stereocenters. The van der Waals surface area contributed by atoms with Crippen LogP contribution in [-0.4, -0.2) is 54.6 Å². The number of hydrogen-bond acceptors (Lipinski definition) is 7. The lowest BCUT2D eigenvalue weighted by Crippen LogP contribution is -2.50. The molecular formula is C21H28N2O7. The van der Waals surface area contributed by atoms with Gasteiger partial charge in [-0.15, -0.1) is 0 Å². The SMILES string of the molecule is CCOc1cc([N+](=O)[O-])c(C(=O)OCC(=O)N2CCC[C@H]3CCCC[C@H]32)cc1OC. The van der Waals surface area contributed by atoms with Crippen LogP contribution >= 0.6 is 0 Å². The minimum atomic E-state index is -0.936. The molecule has 0 spiro atoms. The molecule has 30 heavy (non-hydrogen) atoms. The molecule has 0 aromatic heterocycles. The maximum absolute atomic E-state index is 12.7. The Balaban J connectivity index is 1.72. The first kappa shape index (κ1) is 21.9. The minimum absolute atomic E-state index is 0.163. The summed E-state index contributed by atoms with van der Waals surface area (Å²) < 4.78 is 15.7. The standard InChI is InChI=1S/C21H28N2O7/c1-3-29-19-12-17(23(26)27)15(11-18(19)28-2)21(25)30-13-20(24)22-10-6-8-14-7-4-5-9-16(14)22/h11-12,14,16H,3-10,13H2,1-2H3/t14-,16-/m1/s1. The van der Waals surface area contributed by atoms with E-state index in [2.05, 4.69) is 0 Å². The lowest BCUT2D eigenvalue weighted by Gasteiger charge is -2.44. The van der Waals surface area contributed by atoms with Gasteiger partial charge in [0.25, 0.3) is 11.6 Å². The van der Waals surface area contributed by atoms with Gasteiger partial charge in [-0.3, -0.25) is 14.9 Å². The van der Waals surface area contributed by atoms with E-state index in [-0.39, 0.29) is 35.6 Å². The van der Waals surface area contributed by atoms with Gasteiger partial charge in [0.15, 0.2) is 18.1 Å². The quantitative estimate of drug-likeness (QED) is 0.378. The van der Waals surface area contributed by atoms with Gasteiger partial charge in [0.05, 0.1) is 24.7 Å². The summed E-state index contributed by atoms with van der Waals surface area (Å²) in [7, 11) is 1.37. The zero-order chi connectivity index (χ0) is 21.7. The highest BCUT2D eigenvalue weighted by molar-refractivity contribution is 5.96. The number of carbonyl (C=O) groups excluding carboxylic acids is 2. The molecule has 1 saturated heterocycles. The van der Waals surface area contributed by atoms with Crippen LogP contribution in [0.2, 0.25) is 0 Å². The van der Waals surface area contributed by atoms with Gasteiger partial charge in [0.2, 0.25) is 0 Å². The van der Waals surface area contributed by atoms with Crippen molar-refractivity contribution in [3.8, 4) is 11.5 Å². The summed E-state index contributed by atoms with van der Waals surface area (Å²) in [5.41, 5.74) is -0.732. The zero-order valence-corrected chi connectivity index (χ0v) is 17.4. The average Bonchev–Trinajstić information content (AvgIpc) is 2.76. The van der Waals surface area contributed by atoms with Crippen LogP contribution in [-0.2, 0) is 9.53 Å². The van der Waals surface area contributed by atoms with Crippen LogP contribution in [0.15, 0.2) is 12.1 Å². The second-order valence-electron chi connectivity index (χ2n) is 7.63. The smallest absolute Gasteiger partial charge is 0.345 e. The number of benzene rings is 1. The molecule has 1 aromatic rings. The van der Waals surface area contributed by atoms with Crippen LogP contribution in [0, 0.1) is 16.0 Å². The summed E-state index contributed by atoms with van der Waals surface area (Å²) in [5, 5.41) is 11.5. The Morgan fingerprint density at radius 2 is 1.90 bits per heavy atom. The summed E-state index contributed by atoms with van der Waals surface area (Å²) in [5.74, 6) is -0.324. The molecule has 1 aliphatic heterocycles. The Bertz CT molecular complexity index is 809. The lowest BCUT2D eigenvalue weighted by atomic mass is 9.78. The van der Waals surface area contributed by atoms with Crippen molar-refractivity contribution in [1.82, 2.24) is 4.90 Å². The van der Waals surface area contributed by atoms with Crippen LogP contribution in [0.4, 0.5) is 5.69 Å². The lowest BCUT2D eigenvalue weighted by molar-refractivity contribution is -0.385. The Labute approximate surface area is 175 Å². The van der Waals surface area contributed by atoms with E-state index >= 15 is 0 Å². The molecule has 1 saturated carbocycles. The van der Waals surface area contributed by atoms with Crippen molar-refractivity contribution < 1.29 is 28.7 Å². The first-order valence-corrected chi connectivity index (χ1v) is 10.4. The van der Waals surface area contributed by atoms with Gasteiger partial charge in [0, 0.05) is 18.7 Å². The Kier molecular flexibility index (Phi) is 7.12. The van der Waals surface area contributed by atoms with Gasteiger partial charge in [0.1, 0.15) is 5.56 Å². The zero-order valence-electron chi connectivity index (χ0n) is 17.4. The fourth-order valence-corrected chi connectivity index (χ4v) is 4.51. The van der Waals surface area contributed by atoms with Gasteiger partial charge in [-0.2, -0.15) is 0 Å². The molecule has 1 heterocycles. The van der Waals surface area contributed by atoms with Crippen molar-refractivity contribution in [3.05, 3.63) is 27.8 Å². The average molecular weight is 420 g/mol. The molecule has 0 bridgehead atoms. The number of hydrogen-bond donors (Lipinski definition) is 0. The van der Waals surface area contributed by atoms with Gasteiger partial charge < -0.3 is 19.1 Å². The number of nitro groups is 1. The van der Waals surface area contributed by atoms with E-state index in [1.165, 1.54) is 19.6 Å². The fraction of sp³-hybridized carbons (Fsp3) is 0.619. The molecule has 3 rings (SSSR count). The molecule has 1 aromatic carbocycles. The first-order valence-electron chi connectivity index (χ1n) is 10.4. The Hall–Kier alpha value is -2.84. The van der Waals surface area contributed by atoms with Crippen molar-refractivity contribution in [2.45, 2.75) is 51.5 Å². The molecule has 1 aliphatic carbocycles. The van der Waals surface area contributed by atoms with Crippen LogP contribution < -0.4 is 9.47 Å².